The summed E-state index contributed by atoms with van der Waals surface area (Å²) in [6, 6.07) is 3.96. The largest absolute Gasteiger partial charge is 0.506 e. The highest BCUT2D eigenvalue weighted by molar-refractivity contribution is 5.95. The number of nitrogens with two attached hydrogens (primary N) is 2. The smallest absolute Gasteiger partial charge is 0.251 e. The normalized spacial score (nSPS) is 11.8. The predicted molar refractivity (Wildman–Crippen MR) is 60.1 cm³/mol. The van der Waals surface area contributed by atoms with Crippen LogP contribution in [0.1, 0.15) is 10.4 Å². The van der Waals surface area contributed by atoms with E-state index in [1.807, 2.05) is 0 Å². The molecule has 1 unspecified atom stereocenters. The molecule has 7 heteroatoms. The second kappa shape index (κ2) is 5.17. The molecule has 0 saturated carbocycles. The Bertz CT molecular complexity index is 447. The average molecular weight is 239 g/mol. The topological polar surface area (TPSA) is 139 Å². The van der Waals surface area contributed by atoms with Crippen molar-refractivity contribution in [2.75, 3.05) is 12.3 Å². The van der Waals surface area contributed by atoms with Gasteiger partial charge in [-0.25, -0.2) is 0 Å². The van der Waals surface area contributed by atoms with Crippen molar-refractivity contribution in [3.8, 4) is 5.75 Å². The maximum absolute atomic E-state index is 11.5. The van der Waals surface area contributed by atoms with Crippen LogP contribution in [0.25, 0.3) is 0 Å². The summed E-state index contributed by atoms with van der Waals surface area (Å²) in [5.74, 6) is -1.70. The number of phenols is 1. The van der Waals surface area contributed by atoms with Crippen LogP contribution in [0.2, 0.25) is 0 Å². The standard InChI is InChI=1S/C10H13N3O4/c11-6-2-1-5(3-7(6)14)10(17)13-4-8(15)9(12)16/h1-3,8,14-15H,4,11H2,(H2,12,16)(H,13,17). The van der Waals surface area contributed by atoms with Gasteiger partial charge in [0.1, 0.15) is 11.9 Å². The van der Waals surface area contributed by atoms with E-state index in [2.05, 4.69) is 5.32 Å². The number of hydrogen-bond donors (Lipinski definition) is 5. The van der Waals surface area contributed by atoms with Crippen molar-refractivity contribution in [3.05, 3.63) is 23.8 Å². The lowest BCUT2D eigenvalue weighted by Crippen LogP contribution is -2.39. The minimum absolute atomic E-state index is 0.152. The van der Waals surface area contributed by atoms with Gasteiger partial charge in [-0.15, -0.1) is 0 Å². The number of primary amides is 1. The molecule has 1 aromatic carbocycles. The van der Waals surface area contributed by atoms with E-state index in [0.717, 1.165) is 0 Å². The number of rotatable bonds is 4. The molecule has 1 atom stereocenters. The molecule has 1 aromatic rings. The molecule has 0 spiro atoms. The number of amides is 2. The van der Waals surface area contributed by atoms with Crippen molar-refractivity contribution in [2.45, 2.75) is 6.10 Å². The lowest BCUT2D eigenvalue weighted by molar-refractivity contribution is -0.125. The number of anilines is 1. The Morgan fingerprint density at radius 3 is 2.59 bits per heavy atom. The maximum atomic E-state index is 11.5. The molecule has 0 aliphatic carbocycles. The second-order valence-corrected chi connectivity index (χ2v) is 3.40. The van der Waals surface area contributed by atoms with Gasteiger partial charge in [0.2, 0.25) is 5.91 Å². The molecule has 0 heterocycles. The number of aliphatic hydroxyl groups excluding tert-OH is 1. The van der Waals surface area contributed by atoms with Crippen LogP contribution in [0.4, 0.5) is 5.69 Å². The van der Waals surface area contributed by atoms with Crippen molar-refractivity contribution < 1.29 is 19.8 Å². The van der Waals surface area contributed by atoms with Crippen LogP contribution < -0.4 is 16.8 Å². The van der Waals surface area contributed by atoms with E-state index in [1.165, 1.54) is 18.2 Å². The summed E-state index contributed by atoms with van der Waals surface area (Å²) >= 11 is 0. The monoisotopic (exact) mass is 239 g/mol. The highest BCUT2D eigenvalue weighted by atomic mass is 16.3. The SMILES string of the molecule is NC(=O)C(O)CNC(=O)c1ccc(N)c(O)c1. The molecule has 0 radical (unpaired) electrons. The van der Waals surface area contributed by atoms with E-state index in [0.29, 0.717) is 0 Å². The molecule has 1 rings (SSSR count). The van der Waals surface area contributed by atoms with E-state index in [-0.39, 0.29) is 23.5 Å². The lowest BCUT2D eigenvalue weighted by atomic mass is 10.1. The fourth-order valence-corrected chi connectivity index (χ4v) is 1.08. The number of nitrogens with one attached hydrogen (secondary N) is 1. The first kappa shape index (κ1) is 12.8. The van der Waals surface area contributed by atoms with E-state index >= 15 is 0 Å². The Labute approximate surface area is 97.0 Å². The van der Waals surface area contributed by atoms with Crippen LogP contribution >= 0.6 is 0 Å². The maximum Gasteiger partial charge on any atom is 0.251 e. The second-order valence-electron chi connectivity index (χ2n) is 3.40. The van der Waals surface area contributed by atoms with E-state index in [4.69, 9.17) is 16.6 Å². The third-order valence-electron chi connectivity index (χ3n) is 2.08. The Morgan fingerprint density at radius 1 is 1.41 bits per heavy atom. The molecule has 92 valence electrons. The first-order valence-electron chi connectivity index (χ1n) is 4.76. The zero-order chi connectivity index (χ0) is 13.0. The van der Waals surface area contributed by atoms with Gasteiger partial charge in [0.25, 0.3) is 5.91 Å². The van der Waals surface area contributed by atoms with Gasteiger partial charge in [0.15, 0.2) is 0 Å². The van der Waals surface area contributed by atoms with Gasteiger partial charge < -0.3 is 27.0 Å². The molecule has 7 nitrogen and oxygen atoms in total. The van der Waals surface area contributed by atoms with Crippen LogP contribution in [0.5, 0.6) is 5.75 Å². The molecule has 0 bridgehead atoms. The van der Waals surface area contributed by atoms with Gasteiger partial charge in [-0.3, -0.25) is 9.59 Å². The summed E-state index contributed by atoms with van der Waals surface area (Å²) in [5, 5.41) is 20.6. The first-order chi connectivity index (χ1) is 7.91. The number of phenolic OH excluding ortho intramolecular Hbond substituents is 1. The fourth-order valence-electron chi connectivity index (χ4n) is 1.08. The molecule has 0 aromatic heterocycles. The van der Waals surface area contributed by atoms with Crippen molar-refractivity contribution in [3.63, 3.8) is 0 Å². The summed E-state index contributed by atoms with van der Waals surface area (Å²) in [7, 11) is 0. The average Bonchev–Trinajstić information content (AvgIpc) is 2.28. The molecule has 17 heavy (non-hydrogen) atoms. The number of nitrogen functional groups attached to an aromatic ring is 1. The van der Waals surface area contributed by atoms with Gasteiger partial charge in [0.05, 0.1) is 12.2 Å². The van der Waals surface area contributed by atoms with Crippen molar-refractivity contribution in [2.24, 2.45) is 5.73 Å². The number of aliphatic hydroxyl groups is 1. The van der Waals surface area contributed by atoms with E-state index in [1.54, 1.807) is 0 Å². The molecular formula is C10H13N3O4. The van der Waals surface area contributed by atoms with Crippen molar-refractivity contribution >= 4 is 17.5 Å². The zero-order valence-electron chi connectivity index (χ0n) is 8.88. The zero-order valence-corrected chi connectivity index (χ0v) is 8.88. The van der Waals surface area contributed by atoms with Crippen LogP contribution in [0.3, 0.4) is 0 Å². The molecular weight excluding hydrogens is 226 g/mol. The van der Waals surface area contributed by atoms with Crippen LogP contribution in [-0.2, 0) is 4.79 Å². The van der Waals surface area contributed by atoms with Gasteiger partial charge in [-0.1, -0.05) is 0 Å². The first-order valence-corrected chi connectivity index (χ1v) is 4.76. The Balaban J connectivity index is 2.64. The molecule has 0 aliphatic rings. The number of carbonyl (C=O) groups excluding carboxylic acids is 2. The van der Waals surface area contributed by atoms with Gasteiger partial charge in [-0.2, -0.15) is 0 Å². The van der Waals surface area contributed by atoms with Crippen molar-refractivity contribution in [1.82, 2.24) is 5.32 Å². The summed E-state index contributed by atoms with van der Waals surface area (Å²) in [6.07, 6.45) is -1.44. The summed E-state index contributed by atoms with van der Waals surface area (Å²) in [4.78, 5) is 22.0. The third kappa shape index (κ3) is 3.35. The highest BCUT2D eigenvalue weighted by Gasteiger charge is 2.13. The summed E-state index contributed by atoms with van der Waals surface area (Å²) < 4.78 is 0. The number of hydrogen-bond acceptors (Lipinski definition) is 5. The molecule has 2 amide bonds. The van der Waals surface area contributed by atoms with E-state index < -0.39 is 17.9 Å². The fraction of sp³-hybridized carbons (Fsp3) is 0.200. The minimum Gasteiger partial charge on any atom is -0.506 e. The summed E-state index contributed by atoms with van der Waals surface area (Å²) in [6.45, 7) is -0.292. The molecule has 0 aliphatic heterocycles. The molecule has 0 fully saturated rings. The third-order valence-corrected chi connectivity index (χ3v) is 2.08. The predicted octanol–water partition coefficient (Wildman–Crippen LogP) is -1.45. The van der Waals surface area contributed by atoms with Crippen LogP contribution in [0.15, 0.2) is 18.2 Å². The Hall–Kier alpha value is -2.28. The quantitative estimate of drug-likeness (QED) is 0.323. The van der Waals surface area contributed by atoms with Gasteiger partial charge in [-0.05, 0) is 18.2 Å². The van der Waals surface area contributed by atoms with Gasteiger partial charge >= 0.3 is 0 Å². The van der Waals surface area contributed by atoms with E-state index in [9.17, 15) is 14.7 Å². The van der Waals surface area contributed by atoms with Crippen LogP contribution in [-0.4, -0.2) is 34.7 Å². The van der Waals surface area contributed by atoms with Gasteiger partial charge in [0, 0.05) is 5.56 Å². The Morgan fingerprint density at radius 2 is 2.06 bits per heavy atom. The number of carbonyl (C=O) groups is 2. The minimum atomic E-state index is -1.44. The van der Waals surface area contributed by atoms with Crippen molar-refractivity contribution in [1.29, 1.82) is 0 Å². The highest BCUT2D eigenvalue weighted by Crippen LogP contribution is 2.20. The number of benzene rings is 1. The summed E-state index contributed by atoms with van der Waals surface area (Å²) in [5.41, 5.74) is 10.5. The Kier molecular flexibility index (Phi) is 3.89. The molecule has 7 N–H and O–H groups in total. The number of aromatic hydroxyl groups is 1. The molecule has 0 saturated heterocycles. The van der Waals surface area contributed by atoms with Crippen LogP contribution in [0, 0.1) is 0 Å². The lowest BCUT2D eigenvalue weighted by Gasteiger charge is -2.09.